The maximum atomic E-state index is 12.5. The van der Waals surface area contributed by atoms with E-state index in [9.17, 15) is 4.79 Å². The number of rotatable bonds is 5. The lowest BCUT2D eigenvalue weighted by Gasteiger charge is -2.30. The van der Waals surface area contributed by atoms with Crippen molar-refractivity contribution in [1.82, 2.24) is 10.6 Å². The van der Waals surface area contributed by atoms with Crippen LogP contribution < -0.4 is 15.4 Å². The predicted molar refractivity (Wildman–Crippen MR) is 95.1 cm³/mol. The zero-order chi connectivity index (χ0) is 16.8. The fraction of sp³-hybridized carbons (Fsp3) is 0.350. The third-order valence-electron chi connectivity index (χ3n) is 4.45. The molecule has 1 saturated heterocycles. The van der Waals surface area contributed by atoms with Crippen LogP contribution in [0.5, 0.6) is 5.75 Å². The zero-order valence-corrected chi connectivity index (χ0v) is 14.0. The molecule has 0 spiro atoms. The van der Waals surface area contributed by atoms with E-state index in [2.05, 4.69) is 17.6 Å². The molecule has 0 aromatic heterocycles. The molecule has 3 rings (SSSR count). The van der Waals surface area contributed by atoms with Gasteiger partial charge in [0.25, 0.3) is 5.91 Å². The Hall–Kier alpha value is -2.33. The van der Waals surface area contributed by atoms with Gasteiger partial charge >= 0.3 is 0 Å². The number of amides is 1. The molecule has 0 aliphatic carbocycles. The Morgan fingerprint density at radius 1 is 1.21 bits per heavy atom. The highest BCUT2D eigenvalue weighted by Gasteiger charge is 2.23. The Bertz CT molecular complexity index is 672. The molecule has 1 fully saturated rings. The van der Waals surface area contributed by atoms with Crippen LogP contribution in [0.15, 0.2) is 54.6 Å². The quantitative estimate of drug-likeness (QED) is 0.889. The van der Waals surface area contributed by atoms with Crippen molar-refractivity contribution in [2.24, 2.45) is 5.92 Å². The Labute approximate surface area is 143 Å². The topological polar surface area (TPSA) is 50.4 Å². The molecular formula is C20H24N2O2. The molecule has 2 aromatic carbocycles. The normalized spacial score (nSPS) is 20.4. The number of carbonyl (C=O) groups excluding carboxylic acids is 1. The van der Waals surface area contributed by atoms with Crippen molar-refractivity contribution in [3.8, 4) is 5.75 Å². The van der Waals surface area contributed by atoms with Crippen molar-refractivity contribution in [3.05, 3.63) is 65.7 Å². The molecule has 0 bridgehead atoms. The van der Waals surface area contributed by atoms with Crippen LogP contribution in [-0.4, -0.2) is 25.0 Å². The summed E-state index contributed by atoms with van der Waals surface area (Å²) in [6.45, 7) is 4.56. The molecule has 24 heavy (non-hydrogen) atoms. The molecule has 0 radical (unpaired) electrons. The Kier molecular flexibility index (Phi) is 5.49. The molecule has 4 heteroatoms. The number of piperidine rings is 1. The first-order valence-electron chi connectivity index (χ1n) is 8.51. The minimum Gasteiger partial charge on any atom is -0.489 e. The third-order valence-corrected chi connectivity index (χ3v) is 4.45. The highest BCUT2D eigenvalue weighted by Crippen LogP contribution is 2.17. The smallest absolute Gasteiger partial charge is 0.251 e. The second kappa shape index (κ2) is 7.97. The molecule has 2 aromatic rings. The van der Waals surface area contributed by atoms with Crippen molar-refractivity contribution in [1.29, 1.82) is 0 Å². The maximum Gasteiger partial charge on any atom is 0.251 e. The molecule has 1 aliphatic rings. The molecule has 0 saturated carbocycles. The molecule has 2 N–H and O–H groups in total. The number of hydrogen-bond donors (Lipinski definition) is 2. The van der Waals surface area contributed by atoms with Crippen molar-refractivity contribution >= 4 is 5.91 Å². The number of nitrogens with one attached hydrogen (secondary N) is 2. The van der Waals surface area contributed by atoms with Crippen LogP contribution in [0.2, 0.25) is 0 Å². The lowest BCUT2D eigenvalue weighted by Crippen LogP contribution is -2.48. The highest BCUT2D eigenvalue weighted by molar-refractivity contribution is 5.94. The van der Waals surface area contributed by atoms with Crippen LogP contribution >= 0.6 is 0 Å². The molecule has 126 valence electrons. The van der Waals surface area contributed by atoms with Gasteiger partial charge in [0.15, 0.2) is 0 Å². The summed E-state index contributed by atoms with van der Waals surface area (Å²) in [6, 6.07) is 17.6. The molecule has 4 nitrogen and oxygen atoms in total. The van der Waals surface area contributed by atoms with Gasteiger partial charge in [-0.1, -0.05) is 43.3 Å². The number of carbonyl (C=O) groups is 1. The summed E-state index contributed by atoms with van der Waals surface area (Å²) >= 11 is 0. The van der Waals surface area contributed by atoms with Crippen LogP contribution in [0, 0.1) is 5.92 Å². The summed E-state index contributed by atoms with van der Waals surface area (Å²) in [5.41, 5.74) is 1.75. The minimum atomic E-state index is -0.0288. The Morgan fingerprint density at radius 3 is 2.83 bits per heavy atom. The standard InChI is InChI=1S/C20H24N2O2/c1-15-13-21-11-10-19(15)22-20(23)17-8-5-9-18(12-17)24-14-16-6-3-2-4-7-16/h2-9,12,15,19,21H,10-11,13-14H2,1H3,(H,22,23). The average Bonchev–Trinajstić information content (AvgIpc) is 2.63. The van der Waals surface area contributed by atoms with E-state index in [1.54, 1.807) is 0 Å². The van der Waals surface area contributed by atoms with Crippen molar-refractivity contribution < 1.29 is 9.53 Å². The molecular weight excluding hydrogens is 300 g/mol. The van der Waals surface area contributed by atoms with E-state index in [-0.39, 0.29) is 11.9 Å². The summed E-state index contributed by atoms with van der Waals surface area (Å²) in [6.07, 6.45) is 0.969. The van der Waals surface area contributed by atoms with Gasteiger partial charge in [0.1, 0.15) is 12.4 Å². The average molecular weight is 324 g/mol. The van der Waals surface area contributed by atoms with E-state index in [0.29, 0.717) is 23.8 Å². The second-order valence-corrected chi connectivity index (χ2v) is 6.35. The van der Waals surface area contributed by atoms with E-state index in [1.807, 2.05) is 54.6 Å². The summed E-state index contributed by atoms with van der Waals surface area (Å²) in [4.78, 5) is 12.5. The summed E-state index contributed by atoms with van der Waals surface area (Å²) in [7, 11) is 0. The predicted octanol–water partition coefficient (Wildman–Crippen LogP) is 2.99. The lowest BCUT2D eigenvalue weighted by atomic mass is 9.95. The van der Waals surface area contributed by atoms with Gasteiger partial charge in [0.05, 0.1) is 0 Å². The van der Waals surface area contributed by atoms with Gasteiger partial charge in [-0.05, 0) is 49.2 Å². The SMILES string of the molecule is CC1CNCCC1NC(=O)c1cccc(OCc2ccccc2)c1. The van der Waals surface area contributed by atoms with Crippen LogP contribution in [0.3, 0.4) is 0 Å². The first kappa shape index (κ1) is 16.5. The summed E-state index contributed by atoms with van der Waals surface area (Å²) in [5.74, 6) is 1.13. The van der Waals surface area contributed by atoms with Gasteiger partial charge in [-0.3, -0.25) is 4.79 Å². The van der Waals surface area contributed by atoms with E-state index in [0.717, 1.165) is 25.1 Å². The fourth-order valence-electron chi connectivity index (χ4n) is 2.95. The van der Waals surface area contributed by atoms with Crippen LogP contribution in [0.4, 0.5) is 0 Å². The first-order chi connectivity index (χ1) is 11.7. The lowest BCUT2D eigenvalue weighted by molar-refractivity contribution is 0.0913. The zero-order valence-electron chi connectivity index (χ0n) is 14.0. The molecule has 1 amide bonds. The number of hydrogen-bond acceptors (Lipinski definition) is 3. The second-order valence-electron chi connectivity index (χ2n) is 6.35. The van der Waals surface area contributed by atoms with Crippen molar-refractivity contribution in [2.45, 2.75) is 26.0 Å². The van der Waals surface area contributed by atoms with E-state index >= 15 is 0 Å². The van der Waals surface area contributed by atoms with Crippen molar-refractivity contribution in [3.63, 3.8) is 0 Å². The maximum absolute atomic E-state index is 12.5. The summed E-state index contributed by atoms with van der Waals surface area (Å²) < 4.78 is 5.80. The molecule has 1 aliphatic heterocycles. The molecule has 1 heterocycles. The van der Waals surface area contributed by atoms with Gasteiger partial charge in [0.2, 0.25) is 0 Å². The van der Waals surface area contributed by atoms with Gasteiger partial charge in [-0.25, -0.2) is 0 Å². The van der Waals surface area contributed by atoms with Gasteiger partial charge < -0.3 is 15.4 Å². The van der Waals surface area contributed by atoms with Gasteiger partial charge in [0, 0.05) is 11.6 Å². The fourth-order valence-corrected chi connectivity index (χ4v) is 2.95. The molecule has 2 atom stereocenters. The van der Waals surface area contributed by atoms with Gasteiger partial charge in [-0.15, -0.1) is 0 Å². The van der Waals surface area contributed by atoms with Crippen LogP contribution in [-0.2, 0) is 6.61 Å². The minimum absolute atomic E-state index is 0.0288. The Morgan fingerprint density at radius 2 is 2.04 bits per heavy atom. The highest BCUT2D eigenvalue weighted by atomic mass is 16.5. The van der Waals surface area contributed by atoms with Gasteiger partial charge in [-0.2, -0.15) is 0 Å². The number of benzene rings is 2. The largest absolute Gasteiger partial charge is 0.489 e. The van der Waals surface area contributed by atoms with Crippen molar-refractivity contribution in [2.75, 3.05) is 13.1 Å². The van der Waals surface area contributed by atoms with E-state index in [1.165, 1.54) is 0 Å². The van der Waals surface area contributed by atoms with E-state index < -0.39 is 0 Å². The number of ether oxygens (including phenoxy) is 1. The summed E-state index contributed by atoms with van der Waals surface area (Å²) in [5, 5.41) is 6.50. The van der Waals surface area contributed by atoms with Crippen LogP contribution in [0.1, 0.15) is 29.3 Å². The van der Waals surface area contributed by atoms with Crippen LogP contribution in [0.25, 0.3) is 0 Å². The first-order valence-corrected chi connectivity index (χ1v) is 8.51. The van der Waals surface area contributed by atoms with E-state index in [4.69, 9.17) is 4.74 Å². The molecule has 2 unspecified atom stereocenters. The third kappa shape index (κ3) is 4.36. The monoisotopic (exact) mass is 324 g/mol. The Balaban J connectivity index is 1.60.